The van der Waals surface area contributed by atoms with E-state index in [0.29, 0.717) is 0 Å². The molecule has 0 atom stereocenters. The standard InChI is InChI=1S/C12H16N.Tl/c1-7-13-8-12(10(4)5)11(6)9(2)3;/h13H,2,4,8H2,3,5-6H3;/b12-11-;. The van der Waals surface area contributed by atoms with Crippen LogP contribution < -0.4 is 5.32 Å². The van der Waals surface area contributed by atoms with Crippen LogP contribution in [0.15, 0.2) is 35.5 Å². The van der Waals surface area contributed by atoms with Gasteiger partial charge in [0.25, 0.3) is 0 Å². The fraction of sp³-hybridized carbons (Fsp3) is 0.333. The number of rotatable bonds is 4. The van der Waals surface area contributed by atoms with Gasteiger partial charge >= 0.3 is 103 Å². The first-order valence-corrected chi connectivity index (χ1v) is 6.70. The average Bonchev–Trinajstić information content (AvgIpc) is 2.10. The van der Waals surface area contributed by atoms with E-state index in [4.69, 9.17) is 0 Å². The maximum atomic E-state index is 3.96. The van der Waals surface area contributed by atoms with Crippen LogP contribution in [0.4, 0.5) is 0 Å². The zero-order valence-corrected chi connectivity index (χ0v) is 13.7. The van der Waals surface area contributed by atoms with E-state index in [1.807, 2.05) is 13.8 Å². The molecule has 0 bridgehead atoms. The third kappa shape index (κ3) is 4.66. The molecular formula is C12H16NTl. The third-order valence-corrected chi connectivity index (χ3v) is 2.59. The van der Waals surface area contributed by atoms with Gasteiger partial charge < -0.3 is 0 Å². The SMILES string of the molecule is C=C(C)/C(C)=C(/CNC#[C][Tl])C(=C)C. The second kappa shape index (κ2) is 6.88. The molecule has 0 aromatic carbocycles. The fourth-order valence-electron chi connectivity index (χ4n) is 1.04. The maximum absolute atomic E-state index is 3.96. The predicted octanol–water partition coefficient (Wildman–Crippen LogP) is 2.13. The van der Waals surface area contributed by atoms with E-state index in [-0.39, 0.29) is 0 Å². The Kier molecular flexibility index (Phi) is 6.64. The van der Waals surface area contributed by atoms with Crippen LogP contribution in [0.25, 0.3) is 0 Å². The van der Waals surface area contributed by atoms with Crippen molar-refractivity contribution in [2.24, 2.45) is 0 Å². The van der Waals surface area contributed by atoms with Crippen LogP contribution in [0, 0.1) is 9.52 Å². The van der Waals surface area contributed by atoms with Crippen molar-refractivity contribution in [2.45, 2.75) is 20.8 Å². The Morgan fingerprint density at radius 3 is 2.14 bits per heavy atom. The van der Waals surface area contributed by atoms with Crippen molar-refractivity contribution < 1.29 is 0 Å². The van der Waals surface area contributed by atoms with Crippen molar-refractivity contribution in [3.63, 3.8) is 0 Å². The molecule has 0 aliphatic carbocycles. The van der Waals surface area contributed by atoms with E-state index in [1.165, 1.54) is 11.1 Å². The number of allylic oxidation sites excluding steroid dienone is 2. The Bertz CT molecular complexity index is 326. The molecule has 0 unspecified atom stereocenters. The van der Waals surface area contributed by atoms with Crippen molar-refractivity contribution in [3.8, 4) is 9.52 Å². The van der Waals surface area contributed by atoms with Gasteiger partial charge in [-0.3, -0.25) is 0 Å². The van der Waals surface area contributed by atoms with E-state index in [0.717, 1.165) is 43.5 Å². The minimum absolute atomic E-state index is 0.729. The van der Waals surface area contributed by atoms with Crippen LogP contribution in [0.5, 0.6) is 0 Å². The molecule has 72 valence electrons. The zero-order chi connectivity index (χ0) is 11.1. The molecule has 0 heterocycles. The van der Waals surface area contributed by atoms with E-state index >= 15 is 0 Å². The van der Waals surface area contributed by atoms with Crippen molar-refractivity contribution in [1.82, 2.24) is 5.32 Å². The molecule has 0 rings (SSSR count). The molecule has 1 nitrogen and oxygen atoms in total. The molecule has 0 amide bonds. The first-order valence-electron chi connectivity index (χ1n) is 4.45. The van der Waals surface area contributed by atoms with Gasteiger partial charge in [-0.15, -0.1) is 0 Å². The topological polar surface area (TPSA) is 12.0 Å². The van der Waals surface area contributed by atoms with Gasteiger partial charge in [-0.2, -0.15) is 0 Å². The molecule has 0 saturated heterocycles. The molecule has 14 heavy (non-hydrogen) atoms. The van der Waals surface area contributed by atoms with Gasteiger partial charge in [-0.25, -0.2) is 0 Å². The molecule has 0 aromatic heterocycles. The summed E-state index contributed by atoms with van der Waals surface area (Å²) in [5, 5.41) is 3.07. The summed E-state index contributed by atoms with van der Waals surface area (Å²) in [6.07, 6.45) is 0. The molecule has 0 saturated carbocycles. The van der Waals surface area contributed by atoms with Crippen LogP contribution in [0.2, 0.25) is 0 Å². The molecule has 0 aromatic rings. The second-order valence-corrected chi connectivity index (χ2v) is 4.41. The predicted molar refractivity (Wildman–Crippen MR) is 63.9 cm³/mol. The van der Waals surface area contributed by atoms with Gasteiger partial charge in [0.2, 0.25) is 0 Å². The molecule has 0 aliphatic rings. The van der Waals surface area contributed by atoms with Gasteiger partial charge in [-0.05, 0) is 0 Å². The minimum atomic E-state index is 0.729. The molecule has 1 N–H and O–H groups in total. The van der Waals surface area contributed by atoms with Crippen molar-refractivity contribution >= 4 is 25.8 Å². The summed E-state index contributed by atoms with van der Waals surface area (Å²) < 4.78 is 2.96. The third-order valence-electron chi connectivity index (χ3n) is 2.03. The Hall–Kier alpha value is -0.498. The van der Waals surface area contributed by atoms with Crippen molar-refractivity contribution in [3.05, 3.63) is 35.5 Å². The Morgan fingerprint density at radius 2 is 1.79 bits per heavy atom. The summed E-state index contributed by atoms with van der Waals surface area (Å²) in [4.78, 5) is 0. The number of nitrogens with one attached hydrogen (secondary N) is 1. The Balaban J connectivity index is 4.74. The van der Waals surface area contributed by atoms with Crippen LogP contribution in [0.3, 0.4) is 0 Å². The summed E-state index contributed by atoms with van der Waals surface area (Å²) in [6.45, 7) is 14.7. The van der Waals surface area contributed by atoms with Crippen molar-refractivity contribution in [1.29, 1.82) is 0 Å². The first kappa shape index (κ1) is 13.5. The quantitative estimate of drug-likeness (QED) is 0.342. The zero-order valence-electron chi connectivity index (χ0n) is 9.20. The Morgan fingerprint density at radius 1 is 1.21 bits per heavy atom. The van der Waals surface area contributed by atoms with Gasteiger partial charge in [0.05, 0.1) is 0 Å². The van der Waals surface area contributed by atoms with Crippen LogP contribution in [-0.4, -0.2) is 32.3 Å². The summed E-state index contributed by atoms with van der Waals surface area (Å²) in [5.74, 6) is 0. The van der Waals surface area contributed by atoms with E-state index in [9.17, 15) is 0 Å². The van der Waals surface area contributed by atoms with Crippen LogP contribution >= 0.6 is 0 Å². The monoisotopic (exact) mass is 379 g/mol. The molecule has 0 spiro atoms. The van der Waals surface area contributed by atoms with Crippen LogP contribution in [-0.2, 0) is 0 Å². The summed E-state index contributed by atoms with van der Waals surface area (Å²) >= 11 is 0.729. The molecule has 0 radical (unpaired) electrons. The summed E-state index contributed by atoms with van der Waals surface area (Å²) in [6, 6.07) is 2.90. The Labute approximate surface area is 103 Å². The molecule has 0 aliphatic heterocycles. The van der Waals surface area contributed by atoms with E-state index in [1.54, 1.807) is 0 Å². The summed E-state index contributed by atoms with van der Waals surface area (Å²) in [7, 11) is 0. The van der Waals surface area contributed by atoms with E-state index < -0.39 is 0 Å². The normalized spacial score (nSPS) is 10.7. The van der Waals surface area contributed by atoms with Gasteiger partial charge in [-0.1, -0.05) is 0 Å². The van der Waals surface area contributed by atoms with Crippen LogP contribution in [0.1, 0.15) is 20.8 Å². The second-order valence-electron chi connectivity index (χ2n) is 3.29. The summed E-state index contributed by atoms with van der Waals surface area (Å²) in [5.41, 5.74) is 4.59. The van der Waals surface area contributed by atoms with E-state index in [2.05, 4.69) is 34.9 Å². The first-order chi connectivity index (χ1) is 6.50. The van der Waals surface area contributed by atoms with Gasteiger partial charge in [0.15, 0.2) is 0 Å². The fourth-order valence-corrected chi connectivity index (χ4v) is 1.44. The van der Waals surface area contributed by atoms with Gasteiger partial charge in [0.1, 0.15) is 0 Å². The number of hydrogen-bond donors (Lipinski definition) is 1. The van der Waals surface area contributed by atoms with Crippen molar-refractivity contribution in [2.75, 3.05) is 6.54 Å². The molecular weight excluding hydrogens is 363 g/mol. The van der Waals surface area contributed by atoms with Gasteiger partial charge in [0, 0.05) is 0 Å². The number of hydrogen-bond acceptors (Lipinski definition) is 1. The average molecular weight is 379 g/mol. The molecule has 0 fully saturated rings. The molecule has 2 heteroatoms.